The maximum absolute atomic E-state index is 5.52. The molecule has 6 heteroatoms. The van der Waals surface area contributed by atoms with Gasteiger partial charge in [0.2, 0.25) is 0 Å². The summed E-state index contributed by atoms with van der Waals surface area (Å²) < 4.78 is 2.08. The minimum absolute atomic E-state index is 0.864. The normalized spacial score (nSPS) is 10.5. The average Bonchev–Trinajstić information content (AvgIpc) is 3.39. The van der Waals surface area contributed by atoms with Crippen molar-refractivity contribution in [1.29, 1.82) is 0 Å². The van der Waals surface area contributed by atoms with E-state index in [0.717, 1.165) is 55.9 Å². The molecular formula is C27H27N5S. The smallest absolute Gasteiger partial charge is 0.187 e. The molecule has 166 valence electrons. The molecule has 0 bridgehead atoms. The molecular weight excluding hydrogens is 426 g/mol. The third kappa shape index (κ3) is 5.13. The van der Waals surface area contributed by atoms with Gasteiger partial charge in [-0.1, -0.05) is 48.6 Å². The number of anilines is 3. The van der Waals surface area contributed by atoms with Gasteiger partial charge in [-0.25, -0.2) is 9.97 Å². The zero-order valence-electron chi connectivity index (χ0n) is 19.0. The molecule has 3 N–H and O–H groups in total. The van der Waals surface area contributed by atoms with Crippen molar-refractivity contribution < 1.29 is 0 Å². The number of allylic oxidation sites excluding steroid dienone is 1. The highest BCUT2D eigenvalue weighted by molar-refractivity contribution is 7.14. The monoisotopic (exact) mass is 453 g/mol. The quantitative estimate of drug-likeness (QED) is 0.284. The molecule has 0 radical (unpaired) electrons. The van der Waals surface area contributed by atoms with Crippen molar-refractivity contribution in [2.75, 3.05) is 11.1 Å². The minimum atomic E-state index is 0.864. The van der Waals surface area contributed by atoms with E-state index in [9.17, 15) is 0 Å². The Kier molecular flexibility index (Phi) is 6.56. The van der Waals surface area contributed by atoms with Crippen molar-refractivity contribution in [2.45, 2.75) is 20.8 Å². The number of hydrogen-bond acceptors (Lipinski definition) is 5. The van der Waals surface area contributed by atoms with Crippen molar-refractivity contribution >= 4 is 39.1 Å². The Balaban J connectivity index is 0.000000275. The number of hydrogen-bond donors (Lipinski definition) is 2. The zero-order chi connectivity index (χ0) is 23.4. The molecule has 0 atom stereocenters. The number of aryl methyl sites for hydroxylation is 2. The topological polar surface area (TPSA) is 68.2 Å². The van der Waals surface area contributed by atoms with Crippen LogP contribution in [0.1, 0.15) is 23.7 Å². The number of thiazole rings is 1. The van der Waals surface area contributed by atoms with Crippen LogP contribution in [0.15, 0.2) is 84.9 Å². The molecule has 0 saturated carbocycles. The predicted molar refractivity (Wildman–Crippen MR) is 141 cm³/mol. The Bertz CT molecular complexity index is 1370. The molecule has 2 aromatic carbocycles. The van der Waals surface area contributed by atoms with Crippen molar-refractivity contribution in [2.24, 2.45) is 0 Å². The van der Waals surface area contributed by atoms with Gasteiger partial charge in [0.1, 0.15) is 11.3 Å². The van der Waals surface area contributed by atoms with E-state index >= 15 is 0 Å². The van der Waals surface area contributed by atoms with E-state index in [1.807, 2.05) is 81.6 Å². The first-order valence-electron chi connectivity index (χ1n) is 10.7. The summed E-state index contributed by atoms with van der Waals surface area (Å²) in [5.74, 6) is 0. The largest absolute Gasteiger partial charge is 0.399 e. The maximum Gasteiger partial charge on any atom is 0.187 e. The molecule has 5 nitrogen and oxygen atoms in total. The molecule has 5 rings (SSSR count). The fourth-order valence-electron chi connectivity index (χ4n) is 3.41. The molecule has 0 amide bonds. The lowest BCUT2D eigenvalue weighted by Gasteiger charge is -2.04. The van der Waals surface area contributed by atoms with Crippen LogP contribution >= 0.6 is 11.3 Å². The fourth-order valence-corrected chi connectivity index (χ4v) is 4.13. The molecule has 0 saturated heterocycles. The summed E-state index contributed by atoms with van der Waals surface area (Å²) in [6, 6.07) is 22.0. The molecule has 3 aromatic heterocycles. The Hall–Kier alpha value is -3.90. The molecule has 0 aliphatic carbocycles. The molecule has 5 aromatic rings. The molecule has 3 heterocycles. The van der Waals surface area contributed by atoms with E-state index < -0.39 is 0 Å². The number of rotatable bonds is 4. The number of nitrogens with zero attached hydrogens (tertiary/aromatic N) is 3. The van der Waals surface area contributed by atoms with E-state index in [0.29, 0.717) is 0 Å². The summed E-state index contributed by atoms with van der Waals surface area (Å²) in [6.45, 7) is 9.99. The van der Waals surface area contributed by atoms with Crippen LogP contribution in [-0.4, -0.2) is 14.4 Å². The summed E-state index contributed by atoms with van der Waals surface area (Å²) in [4.78, 5) is 9.35. The van der Waals surface area contributed by atoms with Crippen LogP contribution in [0.5, 0.6) is 0 Å². The van der Waals surface area contributed by atoms with Gasteiger partial charge < -0.3 is 11.1 Å². The summed E-state index contributed by atoms with van der Waals surface area (Å²) in [5.41, 5.74) is 14.6. The van der Waals surface area contributed by atoms with Crippen LogP contribution in [0.25, 0.3) is 22.6 Å². The van der Waals surface area contributed by atoms with Crippen LogP contribution < -0.4 is 11.1 Å². The third-order valence-corrected chi connectivity index (χ3v) is 6.03. The van der Waals surface area contributed by atoms with Crippen molar-refractivity contribution in [3.8, 4) is 11.4 Å². The molecule has 0 fully saturated rings. The molecule has 0 unspecified atom stereocenters. The molecule has 33 heavy (non-hydrogen) atoms. The van der Waals surface area contributed by atoms with Crippen LogP contribution in [0, 0.1) is 13.8 Å². The second kappa shape index (κ2) is 9.71. The number of aromatic nitrogens is 3. The average molecular weight is 454 g/mol. The van der Waals surface area contributed by atoms with Gasteiger partial charge in [0.05, 0.1) is 11.4 Å². The van der Waals surface area contributed by atoms with Crippen LogP contribution in [0.3, 0.4) is 0 Å². The minimum Gasteiger partial charge on any atom is -0.399 e. The van der Waals surface area contributed by atoms with Crippen molar-refractivity contribution in [3.05, 3.63) is 102 Å². The van der Waals surface area contributed by atoms with E-state index in [1.54, 1.807) is 11.3 Å². The van der Waals surface area contributed by atoms with Gasteiger partial charge in [-0.15, -0.1) is 11.3 Å². The summed E-state index contributed by atoms with van der Waals surface area (Å²) >= 11 is 1.59. The SMILES string of the molecule is C=C(C)c1ccc(Nc2nc(-c3c(C)nc4ccccn34)cs2)cc1.Cc1ccccc1N. The Morgan fingerprint density at radius 1 is 0.970 bits per heavy atom. The number of para-hydroxylation sites is 1. The van der Waals surface area contributed by atoms with Gasteiger partial charge in [-0.2, -0.15) is 0 Å². The first kappa shape index (κ1) is 22.3. The van der Waals surface area contributed by atoms with E-state index in [4.69, 9.17) is 10.7 Å². The highest BCUT2D eigenvalue weighted by Crippen LogP contribution is 2.30. The number of imidazole rings is 1. The van der Waals surface area contributed by atoms with Gasteiger partial charge in [0.15, 0.2) is 5.13 Å². The summed E-state index contributed by atoms with van der Waals surface area (Å²) in [6.07, 6.45) is 2.02. The predicted octanol–water partition coefficient (Wildman–Crippen LogP) is 7.12. The highest BCUT2D eigenvalue weighted by Gasteiger charge is 2.14. The van der Waals surface area contributed by atoms with Gasteiger partial charge in [0.25, 0.3) is 0 Å². The van der Waals surface area contributed by atoms with Crippen LogP contribution in [0.2, 0.25) is 0 Å². The van der Waals surface area contributed by atoms with Gasteiger partial charge in [0, 0.05) is 23.0 Å². The van der Waals surface area contributed by atoms with Crippen LogP contribution in [0.4, 0.5) is 16.5 Å². The zero-order valence-corrected chi connectivity index (χ0v) is 19.9. The van der Waals surface area contributed by atoms with Crippen molar-refractivity contribution in [1.82, 2.24) is 14.4 Å². The number of nitrogens with one attached hydrogen (secondary N) is 1. The first-order valence-corrected chi connectivity index (χ1v) is 11.5. The second-order valence-corrected chi connectivity index (χ2v) is 8.71. The Labute approximate surface area is 198 Å². The fraction of sp³-hybridized carbons (Fsp3) is 0.111. The molecule has 0 spiro atoms. The number of benzene rings is 2. The maximum atomic E-state index is 5.52. The highest BCUT2D eigenvalue weighted by atomic mass is 32.1. The van der Waals surface area contributed by atoms with Gasteiger partial charge in [-0.3, -0.25) is 4.40 Å². The van der Waals surface area contributed by atoms with Crippen LogP contribution in [-0.2, 0) is 0 Å². The van der Waals surface area contributed by atoms with E-state index in [1.165, 1.54) is 0 Å². The number of fused-ring (bicyclic) bond motifs is 1. The van der Waals surface area contributed by atoms with Crippen molar-refractivity contribution in [3.63, 3.8) is 0 Å². The number of nitrogen functional groups attached to an aromatic ring is 1. The van der Waals surface area contributed by atoms with E-state index in [2.05, 4.69) is 38.8 Å². The van der Waals surface area contributed by atoms with E-state index in [-0.39, 0.29) is 0 Å². The van der Waals surface area contributed by atoms with Gasteiger partial charge in [-0.05, 0) is 62.2 Å². The summed E-state index contributed by atoms with van der Waals surface area (Å²) in [5, 5.41) is 6.30. The molecule has 0 aliphatic heterocycles. The Morgan fingerprint density at radius 2 is 1.70 bits per heavy atom. The standard InChI is InChI=1S/C20H18N4S.C7H9N/c1-13(2)15-7-9-16(10-8-15)22-20-23-17(12-25-20)19-14(3)21-18-6-4-5-11-24(18)19;1-6-4-2-3-5-7(6)8/h4-12H,1H2,2-3H3,(H,22,23);2-5H,8H2,1H3. The third-order valence-electron chi connectivity index (χ3n) is 5.27. The summed E-state index contributed by atoms with van der Waals surface area (Å²) in [7, 11) is 0. The number of nitrogens with two attached hydrogens (primary N) is 1. The first-order chi connectivity index (χ1) is 15.9. The lowest BCUT2D eigenvalue weighted by molar-refractivity contribution is 1.17. The lowest BCUT2D eigenvalue weighted by atomic mass is 10.1. The Morgan fingerprint density at radius 3 is 2.36 bits per heavy atom. The second-order valence-electron chi connectivity index (χ2n) is 7.85. The van der Waals surface area contributed by atoms with Gasteiger partial charge >= 0.3 is 0 Å². The number of pyridine rings is 1. The molecule has 0 aliphatic rings. The lowest BCUT2D eigenvalue weighted by Crippen LogP contribution is -1.92.